The van der Waals surface area contributed by atoms with E-state index in [1.807, 2.05) is 24.3 Å². The van der Waals surface area contributed by atoms with Crippen LogP contribution in [0.15, 0.2) is 42.5 Å². The Morgan fingerprint density at radius 1 is 1.15 bits per heavy atom. The second-order valence-corrected chi connectivity index (χ2v) is 6.48. The number of methoxy groups -OCH3 is 1. The van der Waals surface area contributed by atoms with E-state index in [9.17, 15) is 9.18 Å². The average Bonchev–Trinajstić information content (AvgIpc) is 2.67. The topological polar surface area (TPSA) is 44.8 Å². The Bertz CT molecular complexity index is 762. The zero-order valence-corrected chi connectivity index (χ0v) is 15.3. The van der Waals surface area contributed by atoms with Crippen molar-refractivity contribution in [1.82, 2.24) is 4.90 Å². The third-order valence-corrected chi connectivity index (χ3v) is 4.67. The molecule has 2 aromatic carbocycles. The first-order chi connectivity index (χ1) is 12.6. The van der Waals surface area contributed by atoms with Crippen LogP contribution in [0.4, 0.5) is 15.8 Å². The second-order valence-electron chi connectivity index (χ2n) is 6.04. The van der Waals surface area contributed by atoms with Gasteiger partial charge in [0, 0.05) is 36.9 Å². The first-order valence-corrected chi connectivity index (χ1v) is 8.80. The number of amides is 1. The molecule has 0 bridgehead atoms. The summed E-state index contributed by atoms with van der Waals surface area (Å²) >= 11 is 5.73. The SMILES string of the molecule is COc1ccc(N2CCN(C(=O)CNc3ccc(Cl)cc3F)CC2)cc1. The van der Waals surface area contributed by atoms with Crippen molar-refractivity contribution in [2.45, 2.75) is 0 Å². The predicted molar refractivity (Wildman–Crippen MR) is 102 cm³/mol. The van der Waals surface area contributed by atoms with Crippen LogP contribution in [0.1, 0.15) is 0 Å². The second kappa shape index (κ2) is 8.27. The van der Waals surface area contributed by atoms with E-state index in [1.54, 1.807) is 18.1 Å². The minimum absolute atomic E-state index is 0.0475. The molecular formula is C19H21ClFN3O2. The van der Waals surface area contributed by atoms with E-state index in [1.165, 1.54) is 12.1 Å². The van der Waals surface area contributed by atoms with Crippen molar-refractivity contribution in [3.8, 4) is 5.75 Å². The number of halogens is 2. The lowest BCUT2D eigenvalue weighted by molar-refractivity contribution is -0.129. The van der Waals surface area contributed by atoms with Gasteiger partial charge in [-0.2, -0.15) is 0 Å². The summed E-state index contributed by atoms with van der Waals surface area (Å²) in [6.07, 6.45) is 0. The lowest BCUT2D eigenvalue weighted by Gasteiger charge is -2.36. The van der Waals surface area contributed by atoms with Crippen molar-refractivity contribution in [2.75, 3.05) is 50.1 Å². The number of piperazine rings is 1. The van der Waals surface area contributed by atoms with Crippen LogP contribution in [-0.2, 0) is 4.79 Å². The average molecular weight is 378 g/mol. The standard InChI is InChI=1S/C19H21ClFN3O2/c1-26-16-5-3-15(4-6-16)23-8-10-24(11-9-23)19(25)13-22-18-7-2-14(20)12-17(18)21/h2-7,12,22H,8-11,13H2,1H3. The van der Waals surface area contributed by atoms with Crippen LogP contribution in [0.25, 0.3) is 0 Å². The summed E-state index contributed by atoms with van der Waals surface area (Å²) in [6, 6.07) is 12.2. The Morgan fingerprint density at radius 3 is 2.46 bits per heavy atom. The number of hydrogen-bond acceptors (Lipinski definition) is 4. The van der Waals surface area contributed by atoms with Gasteiger partial charge in [-0.25, -0.2) is 4.39 Å². The molecule has 0 aromatic heterocycles. The molecule has 1 aliphatic heterocycles. The third-order valence-electron chi connectivity index (χ3n) is 4.43. The van der Waals surface area contributed by atoms with Gasteiger partial charge in [-0.15, -0.1) is 0 Å². The Balaban J connectivity index is 1.50. The summed E-state index contributed by atoms with van der Waals surface area (Å²) in [5.74, 6) is 0.312. The van der Waals surface area contributed by atoms with Crippen molar-refractivity contribution >= 4 is 28.9 Å². The molecule has 0 unspecified atom stereocenters. The number of anilines is 2. The molecule has 26 heavy (non-hydrogen) atoms. The highest BCUT2D eigenvalue weighted by molar-refractivity contribution is 6.30. The van der Waals surface area contributed by atoms with Crippen molar-refractivity contribution in [3.05, 3.63) is 53.3 Å². The summed E-state index contributed by atoms with van der Waals surface area (Å²) in [6.45, 7) is 2.84. The fourth-order valence-corrected chi connectivity index (χ4v) is 3.08. The molecule has 0 spiro atoms. The zero-order valence-electron chi connectivity index (χ0n) is 14.5. The maximum Gasteiger partial charge on any atom is 0.241 e. The maximum absolute atomic E-state index is 13.7. The summed E-state index contributed by atoms with van der Waals surface area (Å²) in [7, 11) is 1.64. The molecule has 1 amide bonds. The first-order valence-electron chi connectivity index (χ1n) is 8.42. The van der Waals surface area contributed by atoms with E-state index in [4.69, 9.17) is 16.3 Å². The van der Waals surface area contributed by atoms with Crippen molar-refractivity contribution < 1.29 is 13.9 Å². The van der Waals surface area contributed by atoms with Gasteiger partial charge in [0.2, 0.25) is 5.91 Å². The van der Waals surface area contributed by atoms with Crippen LogP contribution in [0.3, 0.4) is 0 Å². The van der Waals surface area contributed by atoms with E-state index in [-0.39, 0.29) is 18.1 Å². The Hall–Kier alpha value is -2.47. The Labute approximate surface area is 157 Å². The summed E-state index contributed by atoms with van der Waals surface area (Å²) in [4.78, 5) is 16.4. The van der Waals surface area contributed by atoms with Gasteiger partial charge < -0.3 is 19.9 Å². The molecular weight excluding hydrogens is 357 g/mol. The Morgan fingerprint density at radius 2 is 1.85 bits per heavy atom. The quantitative estimate of drug-likeness (QED) is 0.868. The molecule has 3 rings (SSSR count). The van der Waals surface area contributed by atoms with Gasteiger partial charge in [0.15, 0.2) is 0 Å². The molecule has 0 aliphatic carbocycles. The number of benzene rings is 2. The number of nitrogens with zero attached hydrogens (tertiary/aromatic N) is 2. The molecule has 7 heteroatoms. The molecule has 2 aromatic rings. The molecule has 1 N–H and O–H groups in total. The minimum atomic E-state index is -0.463. The van der Waals surface area contributed by atoms with Crippen LogP contribution in [0.5, 0.6) is 5.75 Å². The largest absolute Gasteiger partial charge is 0.497 e. The van der Waals surface area contributed by atoms with Gasteiger partial charge in [0.05, 0.1) is 19.3 Å². The highest BCUT2D eigenvalue weighted by atomic mass is 35.5. The molecule has 1 heterocycles. The van der Waals surface area contributed by atoms with Gasteiger partial charge in [-0.3, -0.25) is 4.79 Å². The molecule has 0 atom stereocenters. The van der Waals surface area contributed by atoms with E-state index >= 15 is 0 Å². The summed E-state index contributed by atoms with van der Waals surface area (Å²) in [5.41, 5.74) is 1.39. The summed E-state index contributed by atoms with van der Waals surface area (Å²) in [5, 5.41) is 3.17. The monoisotopic (exact) mass is 377 g/mol. The van der Waals surface area contributed by atoms with Crippen LogP contribution >= 0.6 is 11.6 Å². The van der Waals surface area contributed by atoms with Gasteiger partial charge in [0.1, 0.15) is 11.6 Å². The first kappa shape index (κ1) is 18.3. The number of rotatable bonds is 5. The number of ether oxygens (including phenoxy) is 1. The molecule has 5 nitrogen and oxygen atoms in total. The van der Waals surface area contributed by atoms with Crippen LogP contribution < -0.4 is 15.0 Å². The molecule has 1 aliphatic rings. The molecule has 0 saturated carbocycles. The Kier molecular flexibility index (Phi) is 5.83. The lowest BCUT2D eigenvalue weighted by atomic mass is 10.2. The highest BCUT2D eigenvalue weighted by Crippen LogP contribution is 2.21. The molecule has 1 saturated heterocycles. The number of nitrogens with one attached hydrogen (secondary N) is 1. The summed E-state index contributed by atoms with van der Waals surface area (Å²) < 4.78 is 18.9. The highest BCUT2D eigenvalue weighted by Gasteiger charge is 2.21. The zero-order chi connectivity index (χ0) is 18.5. The van der Waals surface area contributed by atoms with Crippen LogP contribution in [0.2, 0.25) is 5.02 Å². The van der Waals surface area contributed by atoms with E-state index < -0.39 is 5.82 Å². The number of hydrogen-bond donors (Lipinski definition) is 1. The van der Waals surface area contributed by atoms with Crippen molar-refractivity contribution in [2.24, 2.45) is 0 Å². The van der Waals surface area contributed by atoms with E-state index in [2.05, 4.69) is 10.2 Å². The minimum Gasteiger partial charge on any atom is -0.497 e. The van der Waals surface area contributed by atoms with Gasteiger partial charge >= 0.3 is 0 Å². The fourth-order valence-electron chi connectivity index (χ4n) is 2.92. The molecule has 1 fully saturated rings. The number of carbonyl (C=O) groups is 1. The van der Waals surface area contributed by atoms with Crippen molar-refractivity contribution in [1.29, 1.82) is 0 Å². The predicted octanol–water partition coefficient (Wildman–Crippen LogP) is 3.25. The lowest BCUT2D eigenvalue weighted by Crippen LogP contribution is -2.50. The third kappa shape index (κ3) is 4.38. The maximum atomic E-state index is 13.7. The fraction of sp³-hybridized carbons (Fsp3) is 0.316. The van der Waals surface area contributed by atoms with E-state index in [0.717, 1.165) is 24.5 Å². The van der Waals surface area contributed by atoms with E-state index in [0.29, 0.717) is 18.1 Å². The van der Waals surface area contributed by atoms with Crippen LogP contribution in [-0.4, -0.2) is 50.6 Å². The molecule has 0 radical (unpaired) electrons. The van der Waals surface area contributed by atoms with Crippen LogP contribution in [0, 0.1) is 5.82 Å². The molecule has 138 valence electrons. The smallest absolute Gasteiger partial charge is 0.241 e. The van der Waals surface area contributed by atoms with Gasteiger partial charge in [0.25, 0.3) is 0 Å². The normalized spacial score (nSPS) is 14.3. The van der Waals surface area contributed by atoms with Crippen molar-refractivity contribution in [3.63, 3.8) is 0 Å². The number of carbonyl (C=O) groups excluding carboxylic acids is 1. The van der Waals surface area contributed by atoms with Gasteiger partial charge in [-0.1, -0.05) is 11.6 Å². The van der Waals surface area contributed by atoms with Gasteiger partial charge in [-0.05, 0) is 42.5 Å².